The topological polar surface area (TPSA) is 41.1 Å². The molecule has 1 N–H and O–H groups in total. The summed E-state index contributed by atoms with van der Waals surface area (Å²) in [6.45, 7) is 1.26. The molecule has 0 bridgehead atoms. The van der Waals surface area contributed by atoms with E-state index >= 15 is 0 Å². The lowest BCUT2D eigenvalue weighted by Gasteiger charge is -2.17. The van der Waals surface area contributed by atoms with Gasteiger partial charge in [0.15, 0.2) is 0 Å². The van der Waals surface area contributed by atoms with Crippen molar-refractivity contribution in [1.82, 2.24) is 9.97 Å². The first kappa shape index (κ1) is 14.6. The normalized spacial score (nSPS) is 13.0. The van der Waals surface area contributed by atoms with Crippen LogP contribution < -0.4 is 10.2 Å². The Morgan fingerprint density at radius 2 is 1.88 bits per heavy atom. The molecular formula is C19H17FN4. The second kappa shape index (κ2) is 6.28. The fourth-order valence-corrected chi connectivity index (χ4v) is 2.95. The van der Waals surface area contributed by atoms with Crippen LogP contribution in [0, 0.1) is 5.82 Å². The lowest BCUT2D eigenvalue weighted by Crippen LogP contribution is -2.17. The van der Waals surface area contributed by atoms with Crippen LogP contribution >= 0.6 is 0 Å². The van der Waals surface area contributed by atoms with E-state index in [1.807, 2.05) is 12.1 Å². The van der Waals surface area contributed by atoms with Gasteiger partial charge in [0.1, 0.15) is 11.6 Å². The highest BCUT2D eigenvalue weighted by Crippen LogP contribution is 2.32. The van der Waals surface area contributed by atoms with Crippen molar-refractivity contribution in [2.24, 2.45) is 0 Å². The highest BCUT2D eigenvalue weighted by atomic mass is 19.1. The first-order chi connectivity index (χ1) is 11.8. The van der Waals surface area contributed by atoms with Gasteiger partial charge in [-0.25, -0.2) is 9.37 Å². The molecule has 2 heterocycles. The highest BCUT2D eigenvalue weighted by molar-refractivity contribution is 5.66. The van der Waals surface area contributed by atoms with Crippen LogP contribution in [0.15, 0.2) is 60.8 Å². The highest BCUT2D eigenvalue weighted by Gasteiger charge is 2.21. The van der Waals surface area contributed by atoms with Gasteiger partial charge in [0, 0.05) is 30.5 Å². The molecule has 4 nitrogen and oxygen atoms in total. The Morgan fingerprint density at radius 3 is 2.79 bits per heavy atom. The zero-order chi connectivity index (χ0) is 16.4. The van der Waals surface area contributed by atoms with Gasteiger partial charge in [-0.15, -0.1) is 0 Å². The number of rotatable bonds is 4. The van der Waals surface area contributed by atoms with Crippen molar-refractivity contribution in [3.05, 3.63) is 77.7 Å². The molecule has 0 spiro atoms. The third kappa shape index (κ3) is 2.80. The summed E-state index contributed by atoms with van der Waals surface area (Å²) in [6.07, 6.45) is 2.72. The number of hydrogen-bond donors (Lipinski definition) is 1. The van der Waals surface area contributed by atoms with E-state index in [1.54, 1.807) is 24.4 Å². The van der Waals surface area contributed by atoms with Gasteiger partial charge < -0.3 is 10.2 Å². The SMILES string of the molecule is Fc1ccccc1CNc1ccnc(N2CCc3ccccc32)n1. The molecule has 120 valence electrons. The molecule has 0 unspecified atom stereocenters. The number of para-hydroxylation sites is 1. The summed E-state index contributed by atoms with van der Waals surface area (Å²) >= 11 is 0. The average molecular weight is 320 g/mol. The molecule has 3 aromatic rings. The van der Waals surface area contributed by atoms with Crippen molar-refractivity contribution < 1.29 is 4.39 Å². The lowest BCUT2D eigenvalue weighted by atomic mass is 10.2. The van der Waals surface area contributed by atoms with Crippen LogP contribution in [0.4, 0.5) is 21.8 Å². The Labute approximate surface area is 140 Å². The van der Waals surface area contributed by atoms with E-state index < -0.39 is 0 Å². The number of anilines is 3. The summed E-state index contributed by atoms with van der Waals surface area (Å²) in [7, 11) is 0. The van der Waals surface area contributed by atoms with Gasteiger partial charge >= 0.3 is 0 Å². The average Bonchev–Trinajstić information content (AvgIpc) is 3.05. The number of nitrogens with one attached hydrogen (secondary N) is 1. The summed E-state index contributed by atoms with van der Waals surface area (Å²) < 4.78 is 13.7. The fraction of sp³-hybridized carbons (Fsp3) is 0.158. The Kier molecular flexibility index (Phi) is 3.83. The summed E-state index contributed by atoms with van der Waals surface area (Å²) in [6, 6.07) is 16.8. The standard InChI is InChI=1S/C19H17FN4/c20-16-7-3-1-6-15(16)13-22-18-9-11-21-19(23-18)24-12-10-14-5-2-4-8-17(14)24/h1-9,11H,10,12-13H2,(H,21,22,23). The third-order valence-electron chi connectivity index (χ3n) is 4.19. The number of benzene rings is 2. The largest absolute Gasteiger partial charge is 0.366 e. The zero-order valence-corrected chi connectivity index (χ0v) is 13.1. The number of halogens is 1. The summed E-state index contributed by atoms with van der Waals surface area (Å²) in [5.41, 5.74) is 3.08. The maximum absolute atomic E-state index is 13.7. The Morgan fingerprint density at radius 1 is 1.04 bits per heavy atom. The van der Waals surface area contributed by atoms with Gasteiger partial charge in [-0.05, 0) is 30.2 Å². The van der Waals surface area contributed by atoms with Gasteiger partial charge in [0.25, 0.3) is 0 Å². The van der Waals surface area contributed by atoms with E-state index in [4.69, 9.17) is 0 Å². The molecule has 0 fully saturated rings. The zero-order valence-electron chi connectivity index (χ0n) is 13.1. The van der Waals surface area contributed by atoms with Crippen molar-refractivity contribution in [2.75, 3.05) is 16.8 Å². The molecule has 24 heavy (non-hydrogen) atoms. The minimum absolute atomic E-state index is 0.215. The minimum atomic E-state index is -0.215. The Balaban J connectivity index is 1.54. The van der Waals surface area contributed by atoms with Gasteiger partial charge in [-0.3, -0.25) is 0 Å². The van der Waals surface area contributed by atoms with Crippen LogP contribution in [0.25, 0.3) is 0 Å². The predicted octanol–water partition coefficient (Wildman–Crippen LogP) is 3.92. The Bertz CT molecular complexity index is 865. The third-order valence-corrected chi connectivity index (χ3v) is 4.19. The molecule has 1 aliphatic heterocycles. The van der Waals surface area contributed by atoms with Crippen LogP contribution in [-0.2, 0) is 13.0 Å². The molecule has 0 saturated heterocycles. The van der Waals surface area contributed by atoms with Crippen molar-refractivity contribution in [2.45, 2.75) is 13.0 Å². The molecule has 0 amide bonds. The predicted molar refractivity (Wildman–Crippen MR) is 92.9 cm³/mol. The van der Waals surface area contributed by atoms with Gasteiger partial charge in [-0.2, -0.15) is 4.98 Å². The molecule has 0 saturated carbocycles. The van der Waals surface area contributed by atoms with E-state index in [-0.39, 0.29) is 5.82 Å². The lowest BCUT2D eigenvalue weighted by molar-refractivity contribution is 0.613. The van der Waals surface area contributed by atoms with Crippen LogP contribution in [0.1, 0.15) is 11.1 Å². The van der Waals surface area contributed by atoms with Crippen LogP contribution in [0.5, 0.6) is 0 Å². The molecular weight excluding hydrogens is 303 g/mol. The first-order valence-corrected chi connectivity index (χ1v) is 7.97. The van der Waals surface area contributed by atoms with Crippen molar-refractivity contribution in [1.29, 1.82) is 0 Å². The maximum atomic E-state index is 13.7. The first-order valence-electron chi connectivity index (χ1n) is 7.97. The van der Waals surface area contributed by atoms with Gasteiger partial charge in [0.05, 0.1) is 0 Å². The maximum Gasteiger partial charge on any atom is 0.231 e. The molecule has 2 aromatic carbocycles. The second-order valence-corrected chi connectivity index (χ2v) is 5.72. The number of nitrogens with zero attached hydrogens (tertiary/aromatic N) is 3. The molecule has 4 rings (SSSR count). The summed E-state index contributed by atoms with van der Waals surface area (Å²) in [5, 5.41) is 3.17. The quantitative estimate of drug-likeness (QED) is 0.791. The number of fused-ring (bicyclic) bond motifs is 1. The molecule has 5 heteroatoms. The van der Waals surface area contributed by atoms with Crippen molar-refractivity contribution in [3.8, 4) is 0 Å². The fourth-order valence-electron chi connectivity index (χ4n) is 2.95. The van der Waals surface area contributed by atoms with E-state index in [0.717, 1.165) is 18.7 Å². The van der Waals surface area contributed by atoms with Crippen LogP contribution in [0.3, 0.4) is 0 Å². The molecule has 0 radical (unpaired) electrons. The second-order valence-electron chi connectivity index (χ2n) is 5.72. The van der Waals surface area contributed by atoms with Gasteiger partial charge in [-0.1, -0.05) is 36.4 Å². The van der Waals surface area contributed by atoms with Crippen molar-refractivity contribution >= 4 is 17.5 Å². The number of hydrogen-bond acceptors (Lipinski definition) is 4. The van der Waals surface area contributed by atoms with E-state index in [1.165, 1.54) is 11.6 Å². The summed E-state index contributed by atoms with van der Waals surface area (Å²) in [4.78, 5) is 11.1. The van der Waals surface area contributed by atoms with E-state index in [2.05, 4.69) is 38.4 Å². The molecule has 0 aliphatic carbocycles. The minimum Gasteiger partial charge on any atom is -0.366 e. The van der Waals surface area contributed by atoms with Crippen molar-refractivity contribution in [3.63, 3.8) is 0 Å². The monoisotopic (exact) mass is 320 g/mol. The van der Waals surface area contributed by atoms with Gasteiger partial charge in [0.2, 0.25) is 5.95 Å². The van der Waals surface area contributed by atoms with E-state index in [0.29, 0.717) is 23.9 Å². The smallest absolute Gasteiger partial charge is 0.231 e. The Hall–Kier alpha value is -2.95. The molecule has 0 atom stereocenters. The van der Waals surface area contributed by atoms with Crippen LogP contribution in [0.2, 0.25) is 0 Å². The van der Waals surface area contributed by atoms with Crippen LogP contribution in [-0.4, -0.2) is 16.5 Å². The summed E-state index contributed by atoms with van der Waals surface area (Å²) in [5.74, 6) is 1.14. The number of aromatic nitrogens is 2. The molecule has 1 aliphatic rings. The molecule has 1 aromatic heterocycles. The van der Waals surface area contributed by atoms with E-state index in [9.17, 15) is 4.39 Å².